The van der Waals surface area contributed by atoms with Crippen LogP contribution in [0.25, 0.3) is 0 Å². The van der Waals surface area contributed by atoms with Crippen LogP contribution >= 0.6 is 0 Å². The molecule has 2 aromatic rings. The topological polar surface area (TPSA) is 0 Å². The molecular formula is C12H12Cl2Zr. The fourth-order valence-corrected chi connectivity index (χ4v) is 0.812. The van der Waals surface area contributed by atoms with E-state index in [4.69, 9.17) is 0 Å². The van der Waals surface area contributed by atoms with Gasteiger partial charge in [0.05, 0.1) is 0 Å². The molecule has 2 aromatic carbocycles. The Balaban J connectivity index is -0.000000160. The zero-order valence-electron chi connectivity index (χ0n) is 8.45. The van der Waals surface area contributed by atoms with Crippen molar-refractivity contribution < 1.29 is 51.0 Å². The van der Waals surface area contributed by atoms with Gasteiger partial charge in [-0.1, -0.05) is 6.92 Å². The van der Waals surface area contributed by atoms with Crippen molar-refractivity contribution in [2.45, 2.75) is 6.92 Å². The van der Waals surface area contributed by atoms with E-state index in [1.54, 1.807) is 0 Å². The number of halogens is 2. The second kappa shape index (κ2) is 14.0. The SMILES string of the molecule is C[c-]1cccc1.[Cl-].[Cl-].[Zr+4].[c-]1ccccc1. The third-order valence-electron chi connectivity index (χ3n) is 1.44. The molecule has 0 spiro atoms. The van der Waals surface area contributed by atoms with Crippen LogP contribution in [0.5, 0.6) is 0 Å². The van der Waals surface area contributed by atoms with Gasteiger partial charge in [-0.3, -0.25) is 0 Å². The fraction of sp³-hybridized carbons (Fsp3) is 0.0833. The molecule has 15 heavy (non-hydrogen) atoms. The minimum absolute atomic E-state index is 0. The van der Waals surface area contributed by atoms with Crippen molar-refractivity contribution in [3.63, 3.8) is 0 Å². The average molecular weight is 318 g/mol. The van der Waals surface area contributed by atoms with Crippen LogP contribution in [-0.2, 0) is 26.2 Å². The molecule has 0 aliphatic carbocycles. The van der Waals surface area contributed by atoms with Crippen molar-refractivity contribution in [2.75, 3.05) is 0 Å². The standard InChI is InChI=1S/C6H7.C6H5.2ClH.Zr/c1-6-4-2-3-5-6;1-2-4-6-5-3-1;;;/h2-5H,1H3;1-5H;2*1H;/q2*-1;;;+4/p-2. The summed E-state index contributed by atoms with van der Waals surface area (Å²) in [5.74, 6) is 0. The van der Waals surface area contributed by atoms with E-state index in [2.05, 4.69) is 25.1 Å². The predicted octanol–water partition coefficient (Wildman–Crippen LogP) is -2.79. The molecule has 0 unspecified atom stereocenters. The first-order valence-corrected chi connectivity index (χ1v) is 3.99. The van der Waals surface area contributed by atoms with Crippen molar-refractivity contribution in [3.8, 4) is 0 Å². The second-order valence-electron chi connectivity index (χ2n) is 2.54. The molecule has 0 aromatic heterocycles. The minimum Gasteiger partial charge on any atom is -1.00 e. The van der Waals surface area contributed by atoms with E-state index in [0.717, 1.165) is 0 Å². The molecule has 0 radical (unpaired) electrons. The van der Waals surface area contributed by atoms with Gasteiger partial charge in [0.2, 0.25) is 0 Å². The van der Waals surface area contributed by atoms with Gasteiger partial charge in [-0.25, -0.2) is 12.1 Å². The molecule has 0 bridgehead atoms. The number of benzene rings is 1. The normalized spacial score (nSPS) is 6.73. The average Bonchev–Trinajstić information content (AvgIpc) is 2.60. The van der Waals surface area contributed by atoms with Gasteiger partial charge in [-0.15, -0.1) is 0 Å². The van der Waals surface area contributed by atoms with E-state index in [0.29, 0.717) is 0 Å². The Morgan fingerprint density at radius 3 is 1.40 bits per heavy atom. The third-order valence-corrected chi connectivity index (χ3v) is 1.44. The molecule has 78 valence electrons. The van der Waals surface area contributed by atoms with Crippen molar-refractivity contribution in [1.29, 1.82) is 0 Å². The van der Waals surface area contributed by atoms with E-state index in [1.165, 1.54) is 5.56 Å². The third kappa shape index (κ3) is 12.0. The van der Waals surface area contributed by atoms with Gasteiger partial charge in [-0.2, -0.15) is 54.1 Å². The molecule has 0 saturated heterocycles. The van der Waals surface area contributed by atoms with Gasteiger partial charge in [-0.05, 0) is 0 Å². The van der Waals surface area contributed by atoms with Crippen LogP contribution in [0.3, 0.4) is 0 Å². The molecule has 0 amide bonds. The maximum atomic E-state index is 2.89. The van der Waals surface area contributed by atoms with Gasteiger partial charge >= 0.3 is 26.2 Å². The number of aryl methyl sites for hydroxylation is 1. The summed E-state index contributed by atoms with van der Waals surface area (Å²) in [6.45, 7) is 2.08. The monoisotopic (exact) mass is 316 g/mol. The molecular weight excluding hydrogens is 306 g/mol. The van der Waals surface area contributed by atoms with Gasteiger partial charge in [0.15, 0.2) is 0 Å². The Morgan fingerprint density at radius 2 is 1.27 bits per heavy atom. The molecule has 2 rings (SSSR count). The van der Waals surface area contributed by atoms with Crippen LogP contribution in [0.2, 0.25) is 0 Å². The van der Waals surface area contributed by atoms with Crippen LogP contribution in [0.1, 0.15) is 5.56 Å². The Morgan fingerprint density at radius 1 is 0.800 bits per heavy atom. The summed E-state index contributed by atoms with van der Waals surface area (Å²) >= 11 is 0. The molecule has 0 heterocycles. The van der Waals surface area contributed by atoms with Crippen LogP contribution in [0.4, 0.5) is 0 Å². The Labute approximate surface area is 123 Å². The van der Waals surface area contributed by atoms with Crippen LogP contribution in [-0.4, -0.2) is 0 Å². The Kier molecular flexibility index (Phi) is 19.1. The molecule has 3 heteroatoms. The Hall–Kier alpha value is 0.0331. The van der Waals surface area contributed by atoms with Gasteiger partial charge in [0.1, 0.15) is 0 Å². The van der Waals surface area contributed by atoms with Crippen molar-refractivity contribution in [1.82, 2.24) is 0 Å². The molecule has 0 N–H and O–H groups in total. The van der Waals surface area contributed by atoms with Crippen LogP contribution in [0, 0.1) is 13.0 Å². The molecule has 0 fully saturated rings. The first-order valence-electron chi connectivity index (χ1n) is 3.99. The smallest absolute Gasteiger partial charge is 1.00 e. The van der Waals surface area contributed by atoms with Crippen molar-refractivity contribution >= 4 is 0 Å². The van der Waals surface area contributed by atoms with Gasteiger partial charge in [0, 0.05) is 0 Å². The number of hydrogen-bond acceptors (Lipinski definition) is 0. The quantitative estimate of drug-likeness (QED) is 0.461. The summed E-state index contributed by atoms with van der Waals surface area (Å²) in [6, 6.07) is 20.7. The molecule has 0 saturated carbocycles. The van der Waals surface area contributed by atoms with E-state index in [1.807, 2.05) is 42.5 Å². The summed E-state index contributed by atoms with van der Waals surface area (Å²) in [7, 11) is 0. The minimum atomic E-state index is 0. The first kappa shape index (κ1) is 20.4. The summed E-state index contributed by atoms with van der Waals surface area (Å²) in [5.41, 5.74) is 1.34. The van der Waals surface area contributed by atoms with Crippen LogP contribution < -0.4 is 24.8 Å². The van der Waals surface area contributed by atoms with E-state index < -0.39 is 0 Å². The largest absolute Gasteiger partial charge is 4.00 e. The second-order valence-corrected chi connectivity index (χ2v) is 2.54. The van der Waals surface area contributed by atoms with Crippen molar-refractivity contribution in [3.05, 3.63) is 66.2 Å². The molecule has 0 aliphatic heterocycles. The Bertz CT molecular complexity index is 253. The summed E-state index contributed by atoms with van der Waals surface area (Å²) < 4.78 is 0. The predicted molar refractivity (Wildman–Crippen MR) is 52.1 cm³/mol. The zero-order chi connectivity index (χ0) is 8.65. The van der Waals surface area contributed by atoms with Gasteiger partial charge in [0.25, 0.3) is 0 Å². The van der Waals surface area contributed by atoms with E-state index >= 15 is 0 Å². The van der Waals surface area contributed by atoms with Gasteiger partial charge < -0.3 is 24.8 Å². The maximum absolute atomic E-state index is 2.89. The number of rotatable bonds is 0. The maximum Gasteiger partial charge on any atom is 4.00 e. The van der Waals surface area contributed by atoms with E-state index in [-0.39, 0.29) is 51.0 Å². The molecule has 0 atom stereocenters. The first-order chi connectivity index (χ1) is 5.89. The van der Waals surface area contributed by atoms with E-state index in [9.17, 15) is 0 Å². The molecule has 0 nitrogen and oxygen atoms in total. The zero-order valence-corrected chi connectivity index (χ0v) is 12.4. The summed E-state index contributed by atoms with van der Waals surface area (Å²) in [6.07, 6.45) is 0. The summed E-state index contributed by atoms with van der Waals surface area (Å²) in [4.78, 5) is 0. The van der Waals surface area contributed by atoms with Crippen molar-refractivity contribution in [2.24, 2.45) is 0 Å². The van der Waals surface area contributed by atoms with Crippen LogP contribution in [0.15, 0.2) is 54.6 Å². The number of hydrogen-bond donors (Lipinski definition) is 0. The molecule has 0 aliphatic rings. The summed E-state index contributed by atoms with van der Waals surface area (Å²) in [5, 5.41) is 0. The fourth-order valence-electron chi connectivity index (χ4n) is 0.812.